The summed E-state index contributed by atoms with van der Waals surface area (Å²) in [6, 6.07) is 16.2. The summed E-state index contributed by atoms with van der Waals surface area (Å²) < 4.78 is 11.5. The van der Waals surface area contributed by atoms with Crippen molar-refractivity contribution in [2.75, 3.05) is 12.7 Å². The Kier molecular flexibility index (Phi) is 6.56. The molecule has 0 aliphatic heterocycles. The smallest absolute Gasteiger partial charge is 0.326 e. The first-order valence-electron chi connectivity index (χ1n) is 9.60. The van der Waals surface area contributed by atoms with Crippen LogP contribution in [0.2, 0.25) is 0 Å². The molecular formula is C22H24NO6P. The van der Waals surface area contributed by atoms with E-state index in [1.165, 1.54) is 0 Å². The van der Waals surface area contributed by atoms with Crippen molar-refractivity contribution in [3.8, 4) is 0 Å². The summed E-state index contributed by atoms with van der Waals surface area (Å²) >= 11 is 0. The van der Waals surface area contributed by atoms with Gasteiger partial charge in [-0.1, -0.05) is 66.7 Å². The maximum Gasteiger partial charge on any atom is 0.326 e. The molecule has 2 atom stereocenters. The molecular weight excluding hydrogens is 405 g/mol. The number of fused-ring (bicyclic) bond motifs is 1. The van der Waals surface area contributed by atoms with E-state index in [2.05, 4.69) is 5.32 Å². The third kappa shape index (κ3) is 5.05. The summed E-state index contributed by atoms with van der Waals surface area (Å²) in [6.45, 7) is 0.0657. The van der Waals surface area contributed by atoms with E-state index >= 15 is 0 Å². The third-order valence-corrected chi connectivity index (χ3v) is 6.26. The second kappa shape index (κ2) is 8.96. The average molecular weight is 429 g/mol. The SMILES string of the molecule is O=C(NCCC1(C(=O)O)C=Cc2ccccc21)C(Cc1ccccc1)CP(=O)(O)O. The number of carbonyl (C=O) groups is 2. The Balaban J connectivity index is 1.69. The fourth-order valence-electron chi connectivity index (χ4n) is 3.83. The second-order valence-electron chi connectivity index (χ2n) is 7.47. The second-order valence-corrected chi connectivity index (χ2v) is 9.17. The Morgan fingerprint density at radius 3 is 2.37 bits per heavy atom. The summed E-state index contributed by atoms with van der Waals surface area (Å²) in [5.74, 6) is -2.42. The molecule has 1 aliphatic carbocycles. The van der Waals surface area contributed by atoms with Gasteiger partial charge in [-0.3, -0.25) is 14.2 Å². The normalized spacial score (nSPS) is 18.6. The van der Waals surface area contributed by atoms with E-state index in [4.69, 9.17) is 0 Å². The zero-order chi connectivity index (χ0) is 21.8. The molecule has 8 heteroatoms. The highest BCUT2D eigenvalue weighted by molar-refractivity contribution is 7.51. The Morgan fingerprint density at radius 2 is 1.70 bits per heavy atom. The van der Waals surface area contributed by atoms with Crippen LogP contribution in [0.15, 0.2) is 60.7 Å². The fourth-order valence-corrected chi connectivity index (χ4v) is 4.70. The van der Waals surface area contributed by atoms with Crippen LogP contribution in [0, 0.1) is 5.92 Å². The topological polar surface area (TPSA) is 124 Å². The number of benzene rings is 2. The first-order valence-corrected chi connectivity index (χ1v) is 11.4. The van der Waals surface area contributed by atoms with Crippen molar-refractivity contribution >= 4 is 25.5 Å². The maximum absolute atomic E-state index is 12.7. The standard InChI is InChI=1S/C22H24NO6P/c24-20(18(15-30(27,28)29)14-16-6-2-1-3-7-16)23-13-12-22(21(25)26)11-10-17-8-4-5-9-19(17)22/h1-11,18H,12-15H2,(H,23,24)(H,25,26)(H2,27,28,29). The molecule has 2 aromatic rings. The van der Waals surface area contributed by atoms with Crippen LogP contribution in [0.25, 0.3) is 6.08 Å². The number of hydrogen-bond donors (Lipinski definition) is 4. The molecule has 2 unspecified atom stereocenters. The van der Waals surface area contributed by atoms with Crippen molar-refractivity contribution in [1.29, 1.82) is 0 Å². The molecule has 0 spiro atoms. The van der Waals surface area contributed by atoms with Gasteiger partial charge in [0.25, 0.3) is 0 Å². The van der Waals surface area contributed by atoms with Crippen molar-refractivity contribution in [2.45, 2.75) is 18.3 Å². The molecule has 0 heterocycles. The van der Waals surface area contributed by atoms with Gasteiger partial charge in [0.2, 0.25) is 5.91 Å². The van der Waals surface area contributed by atoms with E-state index in [0.29, 0.717) is 5.56 Å². The van der Waals surface area contributed by atoms with Crippen LogP contribution in [-0.4, -0.2) is 39.5 Å². The summed E-state index contributed by atoms with van der Waals surface area (Å²) in [4.78, 5) is 43.5. The molecule has 0 fully saturated rings. The van der Waals surface area contributed by atoms with Gasteiger partial charge in [-0.05, 0) is 29.5 Å². The monoisotopic (exact) mass is 429 g/mol. The van der Waals surface area contributed by atoms with E-state index < -0.39 is 37.0 Å². The summed E-state index contributed by atoms with van der Waals surface area (Å²) in [7, 11) is -4.40. The van der Waals surface area contributed by atoms with Gasteiger partial charge in [0, 0.05) is 6.54 Å². The average Bonchev–Trinajstić information content (AvgIpc) is 3.07. The van der Waals surface area contributed by atoms with Crippen molar-refractivity contribution in [2.24, 2.45) is 5.92 Å². The Bertz CT molecular complexity index is 1000. The summed E-state index contributed by atoms with van der Waals surface area (Å²) in [5, 5.41) is 12.5. The minimum atomic E-state index is -4.40. The van der Waals surface area contributed by atoms with Crippen LogP contribution >= 0.6 is 7.60 Å². The Morgan fingerprint density at radius 1 is 1.03 bits per heavy atom. The van der Waals surface area contributed by atoms with E-state index in [0.717, 1.165) is 11.1 Å². The van der Waals surface area contributed by atoms with Gasteiger partial charge in [-0.15, -0.1) is 0 Å². The molecule has 0 aromatic heterocycles. The molecule has 3 rings (SSSR count). The van der Waals surface area contributed by atoms with Gasteiger partial charge >= 0.3 is 13.6 Å². The highest BCUT2D eigenvalue weighted by atomic mass is 31.2. The fraction of sp³-hybridized carbons (Fsp3) is 0.273. The zero-order valence-corrected chi connectivity index (χ0v) is 17.2. The van der Waals surface area contributed by atoms with Crippen LogP contribution in [0.3, 0.4) is 0 Å². The van der Waals surface area contributed by atoms with Crippen LogP contribution < -0.4 is 5.32 Å². The van der Waals surface area contributed by atoms with E-state index in [-0.39, 0.29) is 19.4 Å². The van der Waals surface area contributed by atoms with Crippen LogP contribution in [-0.2, 0) is 26.0 Å². The number of carboxylic acid groups (broad SMARTS) is 1. The molecule has 4 N–H and O–H groups in total. The Hall–Kier alpha value is -2.73. The van der Waals surface area contributed by atoms with Crippen LogP contribution in [0.5, 0.6) is 0 Å². The molecule has 1 amide bonds. The molecule has 2 aromatic carbocycles. The number of amides is 1. The van der Waals surface area contributed by atoms with Gasteiger partial charge in [0.15, 0.2) is 0 Å². The largest absolute Gasteiger partial charge is 0.480 e. The van der Waals surface area contributed by atoms with E-state index in [1.807, 2.05) is 18.2 Å². The quantitative estimate of drug-likeness (QED) is 0.454. The first kappa shape index (κ1) is 22.0. The lowest BCUT2D eigenvalue weighted by Crippen LogP contribution is -2.40. The van der Waals surface area contributed by atoms with E-state index in [9.17, 15) is 29.0 Å². The van der Waals surface area contributed by atoms with E-state index in [1.54, 1.807) is 48.6 Å². The molecule has 0 radical (unpaired) electrons. The lowest BCUT2D eigenvalue weighted by molar-refractivity contribution is -0.142. The molecule has 158 valence electrons. The summed E-state index contributed by atoms with van der Waals surface area (Å²) in [5.41, 5.74) is 1.06. The third-order valence-electron chi connectivity index (χ3n) is 5.34. The van der Waals surface area contributed by atoms with Gasteiger partial charge < -0.3 is 20.2 Å². The molecule has 7 nitrogen and oxygen atoms in total. The number of carbonyl (C=O) groups excluding carboxylic acids is 1. The number of rotatable bonds is 9. The number of carboxylic acids is 1. The van der Waals surface area contributed by atoms with Gasteiger partial charge in [0.05, 0.1) is 12.1 Å². The van der Waals surface area contributed by atoms with Crippen molar-refractivity contribution in [1.82, 2.24) is 5.32 Å². The molecule has 30 heavy (non-hydrogen) atoms. The lowest BCUT2D eigenvalue weighted by atomic mass is 9.79. The first-order chi connectivity index (χ1) is 14.2. The summed E-state index contributed by atoms with van der Waals surface area (Å²) in [6.07, 6.45) is 3.14. The zero-order valence-electron chi connectivity index (χ0n) is 16.3. The predicted molar refractivity (Wildman–Crippen MR) is 113 cm³/mol. The van der Waals surface area contributed by atoms with Crippen molar-refractivity contribution in [3.63, 3.8) is 0 Å². The Labute approximate surface area is 174 Å². The van der Waals surface area contributed by atoms with Crippen LogP contribution in [0.4, 0.5) is 0 Å². The molecule has 0 saturated heterocycles. The minimum absolute atomic E-state index is 0.0657. The van der Waals surface area contributed by atoms with Crippen molar-refractivity contribution in [3.05, 3.63) is 77.4 Å². The van der Waals surface area contributed by atoms with Crippen LogP contribution in [0.1, 0.15) is 23.1 Å². The van der Waals surface area contributed by atoms with Gasteiger partial charge in [0.1, 0.15) is 5.41 Å². The van der Waals surface area contributed by atoms with Gasteiger partial charge in [-0.2, -0.15) is 0 Å². The molecule has 0 saturated carbocycles. The molecule has 1 aliphatic rings. The number of nitrogens with one attached hydrogen (secondary N) is 1. The maximum atomic E-state index is 12.7. The lowest BCUT2D eigenvalue weighted by Gasteiger charge is -2.25. The minimum Gasteiger partial charge on any atom is -0.480 e. The number of aliphatic carboxylic acids is 1. The van der Waals surface area contributed by atoms with Crippen molar-refractivity contribution < 1.29 is 29.0 Å². The molecule has 0 bridgehead atoms. The number of hydrogen-bond acceptors (Lipinski definition) is 3. The highest BCUT2D eigenvalue weighted by Crippen LogP contribution is 2.39. The highest BCUT2D eigenvalue weighted by Gasteiger charge is 2.42. The predicted octanol–water partition coefficient (Wildman–Crippen LogP) is 2.58. The van der Waals surface area contributed by atoms with Gasteiger partial charge in [-0.25, -0.2) is 0 Å².